The summed E-state index contributed by atoms with van der Waals surface area (Å²) in [5, 5.41) is 8.66. The number of aromatic amines is 1. The molecule has 0 saturated heterocycles. The second-order valence-corrected chi connectivity index (χ2v) is 4.29. The van der Waals surface area contributed by atoms with Crippen molar-refractivity contribution in [2.75, 3.05) is 11.1 Å². The summed E-state index contributed by atoms with van der Waals surface area (Å²) in [5.74, 6) is -0.382. The van der Waals surface area contributed by atoms with E-state index in [1.54, 1.807) is 12.1 Å². The molecule has 0 unspecified atom stereocenters. The quantitative estimate of drug-likeness (QED) is 0.705. The van der Waals surface area contributed by atoms with Crippen LogP contribution >= 0.6 is 0 Å². The molecular weight excluding hydrogens is 244 g/mol. The fraction of sp³-hybridized carbons (Fsp3) is 0.154. The molecule has 6 nitrogen and oxygen atoms in total. The lowest BCUT2D eigenvalue weighted by atomic mass is 10.1. The van der Waals surface area contributed by atoms with E-state index >= 15 is 0 Å². The third-order valence-electron chi connectivity index (χ3n) is 2.71. The van der Waals surface area contributed by atoms with Crippen molar-refractivity contribution in [1.29, 1.82) is 0 Å². The van der Waals surface area contributed by atoms with Gasteiger partial charge in [0, 0.05) is 17.4 Å². The minimum atomic E-state index is -0.382. The predicted molar refractivity (Wildman–Crippen MR) is 73.1 cm³/mol. The van der Waals surface area contributed by atoms with Gasteiger partial charge in [-0.25, -0.2) is 5.10 Å². The van der Waals surface area contributed by atoms with Crippen LogP contribution in [0.5, 0.6) is 0 Å². The average molecular weight is 258 g/mol. The lowest BCUT2D eigenvalue weighted by Gasteiger charge is -2.12. The molecule has 0 fully saturated rings. The van der Waals surface area contributed by atoms with Gasteiger partial charge in [-0.1, -0.05) is 0 Å². The smallest absolute Gasteiger partial charge is 0.276 e. The molecule has 19 heavy (non-hydrogen) atoms. The second kappa shape index (κ2) is 4.93. The highest BCUT2D eigenvalue weighted by Crippen LogP contribution is 2.23. The fourth-order valence-electron chi connectivity index (χ4n) is 1.84. The average Bonchev–Trinajstić information content (AvgIpc) is 2.34. The number of anilines is 2. The SMILES string of the molecule is Cc1cc(N)cc(C)c1NC(=O)c1ccc(=O)[nH]n1. The Balaban J connectivity index is 2.29. The summed E-state index contributed by atoms with van der Waals surface area (Å²) in [7, 11) is 0. The number of nitrogens with zero attached hydrogens (tertiary/aromatic N) is 1. The molecule has 1 aromatic heterocycles. The van der Waals surface area contributed by atoms with Crippen molar-refractivity contribution in [2.45, 2.75) is 13.8 Å². The van der Waals surface area contributed by atoms with Crippen molar-refractivity contribution in [2.24, 2.45) is 0 Å². The number of benzene rings is 1. The van der Waals surface area contributed by atoms with Gasteiger partial charge in [-0.2, -0.15) is 5.10 Å². The van der Waals surface area contributed by atoms with Crippen LogP contribution in [0.2, 0.25) is 0 Å². The second-order valence-electron chi connectivity index (χ2n) is 4.29. The summed E-state index contributed by atoms with van der Waals surface area (Å²) in [6.45, 7) is 3.72. The Hall–Kier alpha value is -2.63. The maximum absolute atomic E-state index is 12.0. The van der Waals surface area contributed by atoms with Gasteiger partial charge in [0.05, 0.1) is 0 Å². The zero-order valence-electron chi connectivity index (χ0n) is 10.7. The van der Waals surface area contributed by atoms with Crippen molar-refractivity contribution < 1.29 is 4.79 Å². The number of hydrogen-bond donors (Lipinski definition) is 3. The van der Waals surface area contributed by atoms with Crippen LogP contribution in [0.3, 0.4) is 0 Å². The highest BCUT2D eigenvalue weighted by molar-refractivity contribution is 6.03. The van der Waals surface area contributed by atoms with Gasteiger partial charge in [0.2, 0.25) is 0 Å². The van der Waals surface area contributed by atoms with E-state index in [0.717, 1.165) is 11.1 Å². The van der Waals surface area contributed by atoms with Crippen molar-refractivity contribution >= 4 is 17.3 Å². The summed E-state index contributed by atoms with van der Waals surface area (Å²) in [6, 6.07) is 6.19. The van der Waals surface area contributed by atoms with Gasteiger partial charge >= 0.3 is 0 Å². The molecule has 1 aromatic carbocycles. The van der Waals surface area contributed by atoms with E-state index in [2.05, 4.69) is 15.5 Å². The fourth-order valence-corrected chi connectivity index (χ4v) is 1.84. The van der Waals surface area contributed by atoms with E-state index in [9.17, 15) is 9.59 Å². The Morgan fingerprint density at radius 3 is 2.42 bits per heavy atom. The Bertz CT molecular complexity index is 648. The molecule has 0 bridgehead atoms. The molecule has 0 saturated carbocycles. The number of nitrogens with one attached hydrogen (secondary N) is 2. The molecule has 2 aromatic rings. The van der Waals surface area contributed by atoms with Crippen LogP contribution < -0.4 is 16.6 Å². The number of aryl methyl sites for hydroxylation is 2. The first-order valence-electron chi connectivity index (χ1n) is 5.71. The summed E-state index contributed by atoms with van der Waals surface area (Å²) in [6.07, 6.45) is 0. The molecule has 0 aliphatic rings. The zero-order chi connectivity index (χ0) is 14.0. The van der Waals surface area contributed by atoms with E-state index in [4.69, 9.17) is 5.73 Å². The summed E-state index contributed by atoms with van der Waals surface area (Å²) in [5.41, 5.74) is 8.61. The molecule has 1 amide bonds. The molecule has 0 spiro atoms. The molecule has 0 radical (unpaired) electrons. The third kappa shape index (κ3) is 2.79. The zero-order valence-corrected chi connectivity index (χ0v) is 10.7. The summed E-state index contributed by atoms with van der Waals surface area (Å²) < 4.78 is 0. The van der Waals surface area contributed by atoms with E-state index in [1.165, 1.54) is 12.1 Å². The van der Waals surface area contributed by atoms with Gasteiger partial charge in [0.15, 0.2) is 0 Å². The molecule has 0 aliphatic heterocycles. The number of hydrogen-bond acceptors (Lipinski definition) is 4. The topological polar surface area (TPSA) is 101 Å². The molecule has 6 heteroatoms. The van der Waals surface area contributed by atoms with E-state index < -0.39 is 0 Å². The van der Waals surface area contributed by atoms with Crippen LogP contribution in [0.4, 0.5) is 11.4 Å². The van der Waals surface area contributed by atoms with Crippen LogP contribution in [0.1, 0.15) is 21.6 Å². The monoisotopic (exact) mass is 258 g/mol. The van der Waals surface area contributed by atoms with Crippen LogP contribution in [-0.2, 0) is 0 Å². The lowest BCUT2D eigenvalue weighted by molar-refractivity contribution is 0.102. The van der Waals surface area contributed by atoms with E-state index in [-0.39, 0.29) is 17.2 Å². The molecule has 98 valence electrons. The highest BCUT2D eigenvalue weighted by Gasteiger charge is 2.11. The Kier molecular flexibility index (Phi) is 3.33. The van der Waals surface area contributed by atoms with Crippen molar-refractivity contribution in [1.82, 2.24) is 10.2 Å². The van der Waals surface area contributed by atoms with Crippen molar-refractivity contribution in [3.8, 4) is 0 Å². The standard InChI is InChI=1S/C13H14N4O2/c1-7-5-9(14)6-8(2)12(7)15-13(19)10-3-4-11(18)17-16-10/h3-6H,14H2,1-2H3,(H,15,19)(H,17,18). The van der Waals surface area contributed by atoms with E-state index in [0.29, 0.717) is 11.4 Å². The minimum absolute atomic E-state index is 0.148. The summed E-state index contributed by atoms with van der Waals surface area (Å²) in [4.78, 5) is 22.9. The van der Waals surface area contributed by atoms with Gasteiger partial charge < -0.3 is 11.1 Å². The normalized spacial score (nSPS) is 10.2. The number of H-pyrrole nitrogens is 1. The number of nitrogens with two attached hydrogens (primary N) is 1. The van der Waals surface area contributed by atoms with Gasteiger partial charge in [0.25, 0.3) is 11.5 Å². The van der Waals surface area contributed by atoms with Crippen LogP contribution in [0.25, 0.3) is 0 Å². The molecule has 0 aliphatic carbocycles. The largest absolute Gasteiger partial charge is 0.399 e. The summed E-state index contributed by atoms with van der Waals surface area (Å²) >= 11 is 0. The van der Waals surface area contributed by atoms with Crippen molar-refractivity contribution in [3.05, 3.63) is 51.4 Å². The Morgan fingerprint density at radius 1 is 1.26 bits per heavy atom. The predicted octanol–water partition coefficient (Wildman–Crippen LogP) is 1.22. The minimum Gasteiger partial charge on any atom is -0.399 e. The molecule has 1 heterocycles. The van der Waals surface area contributed by atoms with Gasteiger partial charge in [-0.05, 0) is 43.2 Å². The Morgan fingerprint density at radius 2 is 1.89 bits per heavy atom. The van der Waals surface area contributed by atoms with Crippen LogP contribution in [-0.4, -0.2) is 16.1 Å². The lowest BCUT2D eigenvalue weighted by Crippen LogP contribution is -2.18. The maximum Gasteiger partial charge on any atom is 0.276 e. The number of carbonyl (C=O) groups is 1. The van der Waals surface area contributed by atoms with Crippen LogP contribution in [0, 0.1) is 13.8 Å². The highest BCUT2D eigenvalue weighted by atomic mass is 16.2. The number of rotatable bonds is 2. The first kappa shape index (κ1) is 12.8. The molecule has 0 atom stereocenters. The maximum atomic E-state index is 12.0. The molecule has 2 rings (SSSR count). The first-order chi connectivity index (χ1) is 8.97. The van der Waals surface area contributed by atoms with E-state index in [1.807, 2.05) is 13.8 Å². The number of carbonyl (C=O) groups excluding carboxylic acids is 1. The van der Waals surface area contributed by atoms with Crippen molar-refractivity contribution in [3.63, 3.8) is 0 Å². The number of amides is 1. The number of nitrogen functional groups attached to an aromatic ring is 1. The van der Waals surface area contributed by atoms with Gasteiger partial charge in [-0.15, -0.1) is 0 Å². The van der Waals surface area contributed by atoms with Gasteiger partial charge in [0.1, 0.15) is 5.69 Å². The first-order valence-corrected chi connectivity index (χ1v) is 5.71. The molecule has 4 N–H and O–H groups in total. The number of aromatic nitrogens is 2. The molecular formula is C13H14N4O2. The van der Waals surface area contributed by atoms with Crippen LogP contribution in [0.15, 0.2) is 29.1 Å². The van der Waals surface area contributed by atoms with Gasteiger partial charge in [-0.3, -0.25) is 9.59 Å². The third-order valence-corrected chi connectivity index (χ3v) is 2.71. The Labute approximate surface area is 109 Å².